The maximum absolute atomic E-state index is 3.72. The molecule has 1 aliphatic heterocycles. The van der Waals surface area contributed by atoms with Crippen LogP contribution in [0.1, 0.15) is 46.0 Å². The van der Waals surface area contributed by atoms with Crippen LogP contribution in [-0.4, -0.2) is 61.2 Å². The summed E-state index contributed by atoms with van der Waals surface area (Å²) in [7, 11) is 2.26. The van der Waals surface area contributed by atoms with Crippen molar-refractivity contribution >= 4 is 0 Å². The SMILES string of the molecule is CC1CN(CCCNC2CCCC2)CC(C)N1C. The lowest BCUT2D eigenvalue weighted by molar-refractivity contribution is 0.0594. The summed E-state index contributed by atoms with van der Waals surface area (Å²) in [5.74, 6) is 0. The van der Waals surface area contributed by atoms with E-state index < -0.39 is 0 Å². The van der Waals surface area contributed by atoms with E-state index in [1.165, 1.54) is 58.3 Å². The van der Waals surface area contributed by atoms with E-state index in [0.717, 1.165) is 6.04 Å². The van der Waals surface area contributed by atoms with Gasteiger partial charge in [-0.3, -0.25) is 4.90 Å². The highest BCUT2D eigenvalue weighted by Gasteiger charge is 2.25. The minimum absolute atomic E-state index is 0.705. The second-order valence-electron chi connectivity index (χ2n) is 6.41. The molecule has 2 unspecified atom stereocenters. The van der Waals surface area contributed by atoms with Crippen LogP contribution in [0.2, 0.25) is 0 Å². The van der Waals surface area contributed by atoms with Crippen LogP contribution in [0.5, 0.6) is 0 Å². The van der Waals surface area contributed by atoms with Gasteiger partial charge in [-0.05, 0) is 53.2 Å². The molecular formula is C15H31N3. The van der Waals surface area contributed by atoms with Gasteiger partial charge in [-0.1, -0.05) is 12.8 Å². The molecule has 1 N–H and O–H groups in total. The third-order valence-electron chi connectivity index (χ3n) is 4.87. The molecule has 2 fully saturated rings. The normalized spacial score (nSPS) is 32.2. The third-order valence-corrected chi connectivity index (χ3v) is 4.87. The molecule has 1 heterocycles. The van der Waals surface area contributed by atoms with Crippen LogP contribution in [0.4, 0.5) is 0 Å². The predicted octanol–water partition coefficient (Wildman–Crippen LogP) is 1.93. The number of piperazine rings is 1. The molecule has 0 aromatic heterocycles. The molecule has 18 heavy (non-hydrogen) atoms. The van der Waals surface area contributed by atoms with Crippen molar-refractivity contribution in [2.24, 2.45) is 0 Å². The van der Waals surface area contributed by atoms with Gasteiger partial charge in [-0.15, -0.1) is 0 Å². The van der Waals surface area contributed by atoms with Crippen molar-refractivity contribution in [2.75, 3.05) is 33.2 Å². The second-order valence-corrected chi connectivity index (χ2v) is 6.41. The van der Waals surface area contributed by atoms with E-state index in [2.05, 4.69) is 36.0 Å². The van der Waals surface area contributed by atoms with Gasteiger partial charge in [-0.25, -0.2) is 0 Å². The van der Waals surface area contributed by atoms with Crippen LogP contribution in [0.25, 0.3) is 0 Å². The molecule has 0 bridgehead atoms. The highest BCUT2D eigenvalue weighted by Crippen LogP contribution is 2.17. The Morgan fingerprint density at radius 3 is 2.28 bits per heavy atom. The molecule has 3 nitrogen and oxygen atoms in total. The molecule has 0 amide bonds. The Labute approximate surface area is 113 Å². The van der Waals surface area contributed by atoms with E-state index in [-0.39, 0.29) is 0 Å². The van der Waals surface area contributed by atoms with Gasteiger partial charge in [-0.2, -0.15) is 0 Å². The minimum atomic E-state index is 0.705. The Balaban J connectivity index is 1.58. The first-order valence-corrected chi connectivity index (χ1v) is 7.84. The standard InChI is InChI=1S/C15H31N3/c1-13-11-18(12-14(2)17(13)3)10-6-9-16-15-7-4-5-8-15/h13-16H,4-12H2,1-3H3. The number of nitrogens with zero attached hydrogens (tertiary/aromatic N) is 2. The van der Waals surface area contributed by atoms with Crippen molar-refractivity contribution in [3.8, 4) is 0 Å². The lowest BCUT2D eigenvalue weighted by atomic mass is 10.1. The van der Waals surface area contributed by atoms with Crippen molar-refractivity contribution in [1.82, 2.24) is 15.1 Å². The molecule has 0 aromatic rings. The number of likely N-dealkylation sites (N-methyl/N-ethyl adjacent to an activating group) is 1. The van der Waals surface area contributed by atoms with Gasteiger partial charge in [0, 0.05) is 31.2 Å². The zero-order chi connectivity index (χ0) is 13.0. The van der Waals surface area contributed by atoms with E-state index >= 15 is 0 Å². The fraction of sp³-hybridized carbons (Fsp3) is 1.00. The lowest BCUT2D eigenvalue weighted by Gasteiger charge is -2.42. The highest BCUT2D eigenvalue weighted by molar-refractivity contribution is 4.82. The Morgan fingerprint density at radius 2 is 1.67 bits per heavy atom. The maximum Gasteiger partial charge on any atom is 0.0195 e. The molecule has 0 aromatic carbocycles. The predicted molar refractivity (Wildman–Crippen MR) is 78.0 cm³/mol. The van der Waals surface area contributed by atoms with Gasteiger partial charge in [0.15, 0.2) is 0 Å². The third kappa shape index (κ3) is 3.94. The van der Waals surface area contributed by atoms with E-state index in [4.69, 9.17) is 0 Å². The molecule has 1 aliphatic carbocycles. The van der Waals surface area contributed by atoms with Crippen molar-refractivity contribution in [1.29, 1.82) is 0 Å². The second kappa shape index (κ2) is 6.88. The monoisotopic (exact) mass is 253 g/mol. The average molecular weight is 253 g/mol. The number of hydrogen-bond donors (Lipinski definition) is 1. The molecule has 2 atom stereocenters. The summed E-state index contributed by atoms with van der Waals surface area (Å²) < 4.78 is 0. The van der Waals surface area contributed by atoms with Gasteiger partial charge in [0.05, 0.1) is 0 Å². The average Bonchev–Trinajstić information content (AvgIpc) is 2.84. The fourth-order valence-electron chi connectivity index (χ4n) is 3.44. The summed E-state index contributed by atoms with van der Waals surface area (Å²) in [6, 6.07) is 2.24. The van der Waals surface area contributed by atoms with Crippen LogP contribution >= 0.6 is 0 Å². The van der Waals surface area contributed by atoms with Crippen LogP contribution in [0.3, 0.4) is 0 Å². The van der Waals surface area contributed by atoms with Gasteiger partial charge in [0.25, 0.3) is 0 Å². The van der Waals surface area contributed by atoms with E-state index in [0.29, 0.717) is 12.1 Å². The van der Waals surface area contributed by atoms with E-state index in [1.54, 1.807) is 0 Å². The summed E-state index contributed by atoms with van der Waals surface area (Å²) in [5, 5.41) is 3.72. The molecule has 2 rings (SSSR count). The summed E-state index contributed by atoms with van der Waals surface area (Å²) in [6.07, 6.45) is 6.99. The van der Waals surface area contributed by atoms with Gasteiger partial charge in [0.2, 0.25) is 0 Å². The summed E-state index contributed by atoms with van der Waals surface area (Å²) in [6.45, 7) is 9.65. The zero-order valence-corrected chi connectivity index (χ0v) is 12.5. The smallest absolute Gasteiger partial charge is 0.0195 e. The number of rotatable bonds is 5. The molecule has 2 aliphatic rings. The van der Waals surface area contributed by atoms with Crippen LogP contribution < -0.4 is 5.32 Å². The molecule has 3 heteroatoms. The van der Waals surface area contributed by atoms with Crippen molar-refractivity contribution in [2.45, 2.75) is 64.1 Å². The van der Waals surface area contributed by atoms with Crippen LogP contribution in [0, 0.1) is 0 Å². The maximum atomic E-state index is 3.72. The Morgan fingerprint density at radius 1 is 1.06 bits per heavy atom. The van der Waals surface area contributed by atoms with Gasteiger partial charge in [0.1, 0.15) is 0 Å². The first kappa shape index (κ1) is 14.3. The Bertz CT molecular complexity index is 226. The number of hydrogen-bond acceptors (Lipinski definition) is 3. The summed E-state index contributed by atoms with van der Waals surface area (Å²) >= 11 is 0. The first-order valence-electron chi connectivity index (χ1n) is 7.84. The Kier molecular flexibility index (Phi) is 5.46. The topological polar surface area (TPSA) is 18.5 Å². The molecule has 0 radical (unpaired) electrons. The first-order chi connectivity index (χ1) is 8.66. The molecular weight excluding hydrogens is 222 g/mol. The fourth-order valence-corrected chi connectivity index (χ4v) is 3.44. The number of nitrogens with one attached hydrogen (secondary N) is 1. The van der Waals surface area contributed by atoms with Crippen LogP contribution in [-0.2, 0) is 0 Å². The quantitative estimate of drug-likeness (QED) is 0.755. The van der Waals surface area contributed by atoms with Crippen molar-refractivity contribution < 1.29 is 0 Å². The minimum Gasteiger partial charge on any atom is -0.314 e. The lowest BCUT2D eigenvalue weighted by Crippen LogP contribution is -2.55. The zero-order valence-electron chi connectivity index (χ0n) is 12.5. The van der Waals surface area contributed by atoms with Gasteiger partial charge < -0.3 is 10.2 Å². The van der Waals surface area contributed by atoms with Crippen LogP contribution in [0.15, 0.2) is 0 Å². The van der Waals surface area contributed by atoms with Crippen molar-refractivity contribution in [3.63, 3.8) is 0 Å². The van der Waals surface area contributed by atoms with Crippen molar-refractivity contribution in [3.05, 3.63) is 0 Å². The molecule has 106 valence electrons. The van der Waals surface area contributed by atoms with E-state index in [1.807, 2.05) is 0 Å². The molecule has 1 saturated heterocycles. The van der Waals surface area contributed by atoms with E-state index in [9.17, 15) is 0 Å². The highest BCUT2D eigenvalue weighted by atomic mass is 15.3. The largest absolute Gasteiger partial charge is 0.314 e. The summed E-state index contributed by atoms with van der Waals surface area (Å²) in [4.78, 5) is 5.15. The molecule has 1 saturated carbocycles. The summed E-state index contributed by atoms with van der Waals surface area (Å²) in [5.41, 5.74) is 0. The Hall–Kier alpha value is -0.120. The molecule has 0 spiro atoms. The van der Waals surface area contributed by atoms with Gasteiger partial charge >= 0.3 is 0 Å².